The van der Waals surface area contributed by atoms with Crippen LogP contribution in [0.2, 0.25) is 0 Å². The van der Waals surface area contributed by atoms with E-state index in [4.69, 9.17) is 0 Å². The van der Waals surface area contributed by atoms with Crippen LogP contribution >= 0.6 is 0 Å². The minimum absolute atomic E-state index is 0.247. The molecule has 3 rings (SSSR count). The van der Waals surface area contributed by atoms with Crippen LogP contribution in [0.4, 0.5) is 0 Å². The predicted octanol–water partition coefficient (Wildman–Crippen LogP) is 1.94. The van der Waals surface area contributed by atoms with Gasteiger partial charge in [-0.05, 0) is 55.4 Å². The number of phenols is 1. The average Bonchev–Trinajstić information content (AvgIpc) is 2.42. The lowest BCUT2D eigenvalue weighted by atomic mass is 9.87. The molecule has 20 heavy (non-hydrogen) atoms. The van der Waals surface area contributed by atoms with Crippen molar-refractivity contribution in [2.75, 3.05) is 11.5 Å². The molecule has 0 radical (unpaired) electrons. The Labute approximate surface area is 120 Å². The molecular weight excluding hydrogens is 274 g/mol. The van der Waals surface area contributed by atoms with Crippen LogP contribution in [-0.4, -0.2) is 31.1 Å². The van der Waals surface area contributed by atoms with E-state index in [1.807, 2.05) is 12.1 Å². The zero-order valence-electron chi connectivity index (χ0n) is 11.5. The Hall–Kier alpha value is -1.07. The number of rotatable bonds is 2. The molecular formula is C15H21NO3S. The molecule has 0 amide bonds. The van der Waals surface area contributed by atoms with Crippen molar-refractivity contribution in [2.24, 2.45) is 0 Å². The van der Waals surface area contributed by atoms with Crippen molar-refractivity contribution in [3.63, 3.8) is 0 Å². The van der Waals surface area contributed by atoms with E-state index in [1.54, 1.807) is 6.07 Å². The van der Waals surface area contributed by atoms with Gasteiger partial charge in [-0.1, -0.05) is 6.07 Å². The molecule has 5 heteroatoms. The summed E-state index contributed by atoms with van der Waals surface area (Å²) in [6.45, 7) is 0. The number of aryl methyl sites for hydroxylation is 1. The van der Waals surface area contributed by atoms with Gasteiger partial charge >= 0.3 is 0 Å². The summed E-state index contributed by atoms with van der Waals surface area (Å²) in [7, 11) is -2.80. The maximum Gasteiger partial charge on any atom is 0.150 e. The fraction of sp³-hybridized carbons (Fsp3) is 0.600. The van der Waals surface area contributed by atoms with Gasteiger partial charge in [-0.15, -0.1) is 0 Å². The van der Waals surface area contributed by atoms with Gasteiger partial charge in [0.15, 0.2) is 0 Å². The van der Waals surface area contributed by atoms with Gasteiger partial charge in [0.05, 0.1) is 11.5 Å². The first-order valence-corrected chi connectivity index (χ1v) is 9.14. The SMILES string of the molecule is O=S1(=O)CCC(NC2CCCc3ccc(O)cc32)CC1. The Morgan fingerprint density at radius 3 is 2.65 bits per heavy atom. The van der Waals surface area contributed by atoms with Crippen LogP contribution in [0.3, 0.4) is 0 Å². The van der Waals surface area contributed by atoms with Crippen LogP contribution in [0.1, 0.15) is 42.9 Å². The molecule has 0 aromatic heterocycles. The third kappa shape index (κ3) is 2.99. The van der Waals surface area contributed by atoms with Gasteiger partial charge in [-0.2, -0.15) is 0 Å². The molecule has 1 unspecified atom stereocenters. The first-order valence-electron chi connectivity index (χ1n) is 7.32. The number of nitrogens with one attached hydrogen (secondary N) is 1. The highest BCUT2D eigenvalue weighted by atomic mass is 32.2. The van der Waals surface area contributed by atoms with Crippen LogP contribution in [0, 0.1) is 0 Å². The molecule has 1 aliphatic carbocycles. The summed E-state index contributed by atoms with van der Waals surface area (Å²) in [5, 5.41) is 13.3. The van der Waals surface area contributed by atoms with Gasteiger partial charge in [-0.3, -0.25) is 0 Å². The van der Waals surface area contributed by atoms with Crippen LogP contribution in [0.5, 0.6) is 5.75 Å². The molecule has 4 nitrogen and oxygen atoms in total. The Morgan fingerprint density at radius 1 is 1.15 bits per heavy atom. The number of hydrogen-bond acceptors (Lipinski definition) is 4. The summed E-state index contributed by atoms with van der Waals surface area (Å²) in [5.74, 6) is 0.901. The second kappa shape index (κ2) is 5.37. The van der Waals surface area contributed by atoms with Crippen molar-refractivity contribution in [2.45, 2.75) is 44.2 Å². The van der Waals surface area contributed by atoms with E-state index in [1.165, 1.54) is 11.1 Å². The first kappa shape index (κ1) is 13.9. The van der Waals surface area contributed by atoms with Crippen LogP contribution in [-0.2, 0) is 16.3 Å². The molecule has 0 saturated carbocycles. The smallest absolute Gasteiger partial charge is 0.150 e. The largest absolute Gasteiger partial charge is 0.508 e. The minimum Gasteiger partial charge on any atom is -0.508 e. The molecule has 2 aliphatic rings. The average molecular weight is 295 g/mol. The molecule has 1 atom stereocenters. The maximum atomic E-state index is 11.5. The number of aromatic hydroxyl groups is 1. The molecule has 0 spiro atoms. The summed E-state index contributed by atoms with van der Waals surface area (Å²) in [5.41, 5.74) is 2.49. The van der Waals surface area contributed by atoms with Gasteiger partial charge in [0.25, 0.3) is 0 Å². The molecule has 1 fully saturated rings. The van der Waals surface area contributed by atoms with Crippen molar-refractivity contribution in [3.05, 3.63) is 29.3 Å². The van der Waals surface area contributed by atoms with E-state index in [9.17, 15) is 13.5 Å². The molecule has 1 aromatic carbocycles. The monoisotopic (exact) mass is 295 g/mol. The fourth-order valence-electron chi connectivity index (χ4n) is 3.30. The van der Waals surface area contributed by atoms with Gasteiger partial charge in [0, 0.05) is 12.1 Å². The van der Waals surface area contributed by atoms with Gasteiger partial charge in [0.1, 0.15) is 15.6 Å². The number of hydrogen-bond donors (Lipinski definition) is 2. The van der Waals surface area contributed by atoms with Crippen molar-refractivity contribution in [1.29, 1.82) is 0 Å². The lowest BCUT2D eigenvalue weighted by Gasteiger charge is -2.32. The highest BCUT2D eigenvalue weighted by Gasteiger charge is 2.27. The summed E-state index contributed by atoms with van der Waals surface area (Å²) in [6, 6.07) is 6.12. The van der Waals surface area contributed by atoms with E-state index >= 15 is 0 Å². The predicted molar refractivity (Wildman–Crippen MR) is 78.6 cm³/mol. The minimum atomic E-state index is -2.80. The molecule has 1 aromatic rings. The standard InChI is InChI=1S/C15H21NO3S/c17-13-5-4-11-2-1-3-15(14(11)10-13)16-12-6-8-20(18,19)9-7-12/h4-5,10,12,15-17H,1-3,6-9H2. The molecule has 1 saturated heterocycles. The highest BCUT2D eigenvalue weighted by molar-refractivity contribution is 7.91. The van der Waals surface area contributed by atoms with E-state index in [2.05, 4.69) is 5.32 Å². The normalized spacial score (nSPS) is 26.1. The third-order valence-corrected chi connectivity index (χ3v) is 6.15. The molecule has 2 N–H and O–H groups in total. The van der Waals surface area contributed by atoms with Crippen molar-refractivity contribution < 1.29 is 13.5 Å². The van der Waals surface area contributed by atoms with Crippen LogP contribution in [0.15, 0.2) is 18.2 Å². The Morgan fingerprint density at radius 2 is 1.90 bits per heavy atom. The van der Waals surface area contributed by atoms with E-state index in [0.717, 1.165) is 19.3 Å². The molecule has 1 heterocycles. The summed E-state index contributed by atoms with van der Waals surface area (Å²) in [4.78, 5) is 0. The second-order valence-electron chi connectivity index (χ2n) is 5.92. The van der Waals surface area contributed by atoms with E-state index in [0.29, 0.717) is 30.1 Å². The van der Waals surface area contributed by atoms with Crippen molar-refractivity contribution in [1.82, 2.24) is 5.32 Å². The number of phenolic OH excluding ortho intramolecular Hbond substituents is 1. The zero-order chi connectivity index (χ0) is 14.2. The molecule has 0 bridgehead atoms. The topological polar surface area (TPSA) is 66.4 Å². The Balaban J connectivity index is 1.72. The highest BCUT2D eigenvalue weighted by Crippen LogP contribution is 2.33. The quantitative estimate of drug-likeness (QED) is 0.875. The maximum absolute atomic E-state index is 11.5. The van der Waals surface area contributed by atoms with Crippen LogP contribution in [0.25, 0.3) is 0 Å². The second-order valence-corrected chi connectivity index (χ2v) is 8.22. The Bertz CT molecular complexity index is 583. The van der Waals surface area contributed by atoms with Gasteiger partial charge in [-0.25, -0.2) is 8.42 Å². The molecule has 110 valence electrons. The summed E-state index contributed by atoms with van der Waals surface area (Å²) < 4.78 is 22.9. The van der Waals surface area contributed by atoms with E-state index in [-0.39, 0.29) is 12.1 Å². The lowest BCUT2D eigenvalue weighted by Crippen LogP contribution is -2.40. The fourth-order valence-corrected chi connectivity index (χ4v) is 4.79. The van der Waals surface area contributed by atoms with Gasteiger partial charge in [0.2, 0.25) is 0 Å². The summed E-state index contributed by atoms with van der Waals surface area (Å²) >= 11 is 0. The van der Waals surface area contributed by atoms with Gasteiger partial charge < -0.3 is 10.4 Å². The van der Waals surface area contributed by atoms with Crippen LogP contribution < -0.4 is 5.32 Å². The third-order valence-electron chi connectivity index (χ3n) is 4.44. The van der Waals surface area contributed by atoms with Crippen molar-refractivity contribution >= 4 is 9.84 Å². The Kier molecular flexibility index (Phi) is 3.73. The van der Waals surface area contributed by atoms with Crippen molar-refractivity contribution in [3.8, 4) is 5.75 Å². The molecule has 1 aliphatic heterocycles. The number of benzene rings is 1. The lowest BCUT2D eigenvalue weighted by molar-refractivity contribution is 0.371. The van der Waals surface area contributed by atoms with E-state index < -0.39 is 9.84 Å². The number of fused-ring (bicyclic) bond motifs is 1. The summed E-state index contributed by atoms with van der Waals surface area (Å²) in [6.07, 6.45) is 4.66. The first-order chi connectivity index (χ1) is 9.53. The zero-order valence-corrected chi connectivity index (χ0v) is 12.3. The number of sulfone groups is 1.